The molecular weight excluding hydrogens is 330 g/mol. The first-order valence-corrected chi connectivity index (χ1v) is 7.65. The zero-order valence-electron chi connectivity index (χ0n) is 12.3. The number of benzene rings is 2. The lowest BCUT2D eigenvalue weighted by molar-refractivity contribution is 0.145. The first-order chi connectivity index (χ1) is 10.1. The lowest BCUT2D eigenvalue weighted by Crippen LogP contribution is -2.14. The molecule has 3 nitrogen and oxygen atoms in total. The van der Waals surface area contributed by atoms with Crippen molar-refractivity contribution in [3.8, 4) is 5.75 Å². The van der Waals surface area contributed by atoms with Crippen LogP contribution in [0.1, 0.15) is 22.7 Å². The molecule has 1 unspecified atom stereocenters. The van der Waals surface area contributed by atoms with Crippen LogP contribution >= 0.6 is 15.9 Å². The zero-order valence-corrected chi connectivity index (χ0v) is 13.9. The highest BCUT2D eigenvalue weighted by atomic mass is 79.9. The van der Waals surface area contributed by atoms with Gasteiger partial charge in [-0.2, -0.15) is 0 Å². The number of hydrogen-bond donors (Lipinski definition) is 1. The maximum atomic E-state index is 6.41. The van der Waals surface area contributed by atoms with Gasteiger partial charge >= 0.3 is 0 Å². The molecular formula is C17H20BrNO2. The molecule has 4 heteroatoms. The summed E-state index contributed by atoms with van der Waals surface area (Å²) < 4.78 is 11.8. The van der Waals surface area contributed by atoms with E-state index in [1.165, 1.54) is 5.56 Å². The lowest BCUT2D eigenvalue weighted by Gasteiger charge is -2.18. The third-order valence-corrected chi connectivity index (χ3v) is 4.21. The second-order valence-electron chi connectivity index (χ2n) is 4.87. The first-order valence-electron chi connectivity index (χ1n) is 6.85. The fraction of sp³-hybridized carbons (Fsp3) is 0.294. The molecule has 1 atom stereocenters. The monoisotopic (exact) mass is 349 g/mol. The summed E-state index contributed by atoms with van der Waals surface area (Å²) in [5.74, 6) is 0.804. The van der Waals surface area contributed by atoms with Crippen molar-refractivity contribution in [2.24, 2.45) is 5.73 Å². The van der Waals surface area contributed by atoms with E-state index in [2.05, 4.69) is 41.1 Å². The molecule has 2 aromatic rings. The summed E-state index contributed by atoms with van der Waals surface area (Å²) in [4.78, 5) is 0. The Morgan fingerprint density at radius 3 is 2.62 bits per heavy atom. The SMILES string of the molecule is COCCOc1ccccc1C(N)c1ccc(C)c(Br)c1. The molecule has 0 saturated heterocycles. The Hall–Kier alpha value is -1.36. The minimum atomic E-state index is -0.222. The van der Waals surface area contributed by atoms with E-state index in [9.17, 15) is 0 Å². The molecule has 0 heterocycles. The predicted octanol–water partition coefficient (Wildman–Crippen LogP) is 3.83. The number of ether oxygens (including phenoxy) is 2. The van der Waals surface area contributed by atoms with Crippen LogP contribution in [0.2, 0.25) is 0 Å². The maximum absolute atomic E-state index is 6.41. The topological polar surface area (TPSA) is 44.5 Å². The standard InChI is InChI=1S/C17H20BrNO2/c1-12-7-8-13(11-15(12)18)17(19)14-5-3-4-6-16(14)21-10-9-20-2/h3-8,11,17H,9-10,19H2,1-2H3. The third-order valence-electron chi connectivity index (χ3n) is 3.35. The molecule has 2 N–H and O–H groups in total. The van der Waals surface area contributed by atoms with E-state index in [1.807, 2.05) is 24.3 Å². The van der Waals surface area contributed by atoms with Crippen molar-refractivity contribution in [1.82, 2.24) is 0 Å². The quantitative estimate of drug-likeness (QED) is 0.806. The van der Waals surface area contributed by atoms with Crippen LogP contribution < -0.4 is 10.5 Å². The van der Waals surface area contributed by atoms with Gasteiger partial charge < -0.3 is 15.2 Å². The second-order valence-corrected chi connectivity index (χ2v) is 5.72. The molecule has 0 aliphatic rings. The van der Waals surface area contributed by atoms with Crippen LogP contribution in [0.15, 0.2) is 46.9 Å². The van der Waals surface area contributed by atoms with Gasteiger partial charge in [0.25, 0.3) is 0 Å². The molecule has 0 aliphatic heterocycles. The number of halogens is 1. The second kappa shape index (κ2) is 7.59. The average molecular weight is 350 g/mol. The molecule has 21 heavy (non-hydrogen) atoms. The summed E-state index contributed by atoms with van der Waals surface area (Å²) in [5, 5.41) is 0. The highest BCUT2D eigenvalue weighted by Crippen LogP contribution is 2.30. The molecule has 2 aromatic carbocycles. The van der Waals surface area contributed by atoms with Gasteiger partial charge in [-0.1, -0.05) is 46.3 Å². The summed E-state index contributed by atoms with van der Waals surface area (Å²) in [6, 6.07) is 13.8. The minimum absolute atomic E-state index is 0.222. The van der Waals surface area contributed by atoms with Crippen LogP contribution in [0.5, 0.6) is 5.75 Å². The summed E-state index contributed by atoms with van der Waals surface area (Å²) in [6.45, 7) is 3.12. The van der Waals surface area contributed by atoms with Crippen molar-refractivity contribution >= 4 is 15.9 Å². The fourth-order valence-electron chi connectivity index (χ4n) is 2.09. The van der Waals surface area contributed by atoms with Gasteiger partial charge in [0.15, 0.2) is 0 Å². The van der Waals surface area contributed by atoms with E-state index < -0.39 is 0 Å². The molecule has 0 aliphatic carbocycles. The van der Waals surface area contributed by atoms with Crippen molar-refractivity contribution in [3.63, 3.8) is 0 Å². The van der Waals surface area contributed by atoms with Crippen molar-refractivity contribution in [2.75, 3.05) is 20.3 Å². The number of nitrogens with two attached hydrogens (primary N) is 1. The number of hydrogen-bond acceptors (Lipinski definition) is 3. The van der Waals surface area contributed by atoms with Gasteiger partial charge in [0.05, 0.1) is 12.6 Å². The molecule has 2 rings (SSSR count). The number of aryl methyl sites for hydroxylation is 1. The highest BCUT2D eigenvalue weighted by Gasteiger charge is 2.14. The summed E-state index contributed by atoms with van der Waals surface area (Å²) in [6.07, 6.45) is 0. The number of methoxy groups -OCH3 is 1. The fourth-order valence-corrected chi connectivity index (χ4v) is 2.48. The number of para-hydroxylation sites is 1. The smallest absolute Gasteiger partial charge is 0.124 e. The Balaban J connectivity index is 2.25. The van der Waals surface area contributed by atoms with Gasteiger partial charge in [-0.25, -0.2) is 0 Å². The van der Waals surface area contributed by atoms with Crippen molar-refractivity contribution < 1.29 is 9.47 Å². The van der Waals surface area contributed by atoms with Crippen molar-refractivity contribution in [3.05, 3.63) is 63.6 Å². The summed E-state index contributed by atoms with van der Waals surface area (Å²) in [5.41, 5.74) is 9.63. The van der Waals surface area contributed by atoms with Crippen LogP contribution in [-0.4, -0.2) is 20.3 Å². The molecule has 112 valence electrons. The van der Waals surface area contributed by atoms with Crippen LogP contribution in [0.4, 0.5) is 0 Å². The van der Waals surface area contributed by atoms with Crippen molar-refractivity contribution in [1.29, 1.82) is 0 Å². The third kappa shape index (κ3) is 4.06. The van der Waals surface area contributed by atoms with Crippen LogP contribution in [0.25, 0.3) is 0 Å². The van der Waals surface area contributed by atoms with Gasteiger partial charge in [0, 0.05) is 17.1 Å². The predicted molar refractivity (Wildman–Crippen MR) is 88.7 cm³/mol. The van der Waals surface area contributed by atoms with Gasteiger partial charge in [-0.05, 0) is 30.2 Å². The van der Waals surface area contributed by atoms with Crippen LogP contribution in [0.3, 0.4) is 0 Å². The van der Waals surface area contributed by atoms with Gasteiger partial charge in [0.2, 0.25) is 0 Å². The molecule has 0 fully saturated rings. The Labute approximate surface area is 134 Å². The Morgan fingerprint density at radius 1 is 1.14 bits per heavy atom. The Morgan fingerprint density at radius 2 is 1.90 bits per heavy atom. The van der Waals surface area contributed by atoms with E-state index in [0.717, 1.165) is 21.3 Å². The molecule has 0 radical (unpaired) electrons. The molecule has 0 spiro atoms. The molecule has 0 saturated carbocycles. The maximum Gasteiger partial charge on any atom is 0.124 e. The summed E-state index contributed by atoms with van der Waals surface area (Å²) in [7, 11) is 1.66. The van der Waals surface area contributed by atoms with Crippen LogP contribution in [-0.2, 0) is 4.74 Å². The average Bonchev–Trinajstić information content (AvgIpc) is 2.50. The Bertz CT molecular complexity index is 601. The molecule has 0 aromatic heterocycles. The van der Waals surface area contributed by atoms with E-state index in [-0.39, 0.29) is 6.04 Å². The van der Waals surface area contributed by atoms with Gasteiger partial charge in [-0.3, -0.25) is 0 Å². The zero-order chi connectivity index (χ0) is 15.2. The van der Waals surface area contributed by atoms with E-state index in [0.29, 0.717) is 13.2 Å². The minimum Gasteiger partial charge on any atom is -0.491 e. The highest BCUT2D eigenvalue weighted by molar-refractivity contribution is 9.10. The van der Waals surface area contributed by atoms with Gasteiger partial charge in [0.1, 0.15) is 12.4 Å². The Kier molecular flexibility index (Phi) is 5.79. The van der Waals surface area contributed by atoms with Gasteiger partial charge in [-0.15, -0.1) is 0 Å². The molecule has 0 amide bonds. The van der Waals surface area contributed by atoms with Crippen molar-refractivity contribution in [2.45, 2.75) is 13.0 Å². The number of rotatable bonds is 6. The normalized spacial score (nSPS) is 12.2. The first kappa shape index (κ1) is 16.0. The van der Waals surface area contributed by atoms with E-state index >= 15 is 0 Å². The summed E-state index contributed by atoms with van der Waals surface area (Å²) >= 11 is 3.55. The lowest BCUT2D eigenvalue weighted by atomic mass is 9.98. The molecule has 0 bridgehead atoms. The van der Waals surface area contributed by atoms with E-state index in [4.69, 9.17) is 15.2 Å². The van der Waals surface area contributed by atoms with E-state index in [1.54, 1.807) is 7.11 Å². The largest absolute Gasteiger partial charge is 0.491 e. The van der Waals surface area contributed by atoms with Crippen LogP contribution in [0, 0.1) is 6.92 Å².